The molecule has 6 rings (SSSR count). The fraction of sp³-hybridized carbons (Fsp3) is 0.316. The molecule has 0 aromatic heterocycles. The first-order valence-electron chi connectivity index (χ1n) is 15.4. The second-order valence-corrected chi connectivity index (χ2v) is 14.0. The summed E-state index contributed by atoms with van der Waals surface area (Å²) < 4.78 is 0. The maximum atomic E-state index is 4.81. The van der Waals surface area contributed by atoms with Crippen molar-refractivity contribution >= 4 is 19.1 Å². The summed E-state index contributed by atoms with van der Waals surface area (Å²) in [7, 11) is 9.63. The van der Waals surface area contributed by atoms with E-state index in [1.54, 1.807) is 0 Å². The fourth-order valence-electron chi connectivity index (χ4n) is 5.51. The SMILES string of the molecule is Cc1ccccc1CN1[C]N(Cc2ccccc2C)CC1.Cc1ccccc1CN1[C]N(Cc2ccccc2C)CC1.[Cl][Pd][Cl]. The van der Waals surface area contributed by atoms with Gasteiger partial charge in [-0.15, -0.1) is 0 Å². The zero-order valence-corrected chi connectivity index (χ0v) is 29.8. The number of nitrogens with zero attached hydrogens (tertiary/aromatic N) is 4. The summed E-state index contributed by atoms with van der Waals surface area (Å²) in [6, 6.07) is 34.4. The van der Waals surface area contributed by atoms with Crippen molar-refractivity contribution in [1.29, 1.82) is 0 Å². The molecule has 0 amide bonds. The molecular weight excluding hydrogens is 690 g/mol. The molecule has 0 atom stereocenters. The van der Waals surface area contributed by atoms with Crippen LogP contribution in [0.3, 0.4) is 0 Å². The van der Waals surface area contributed by atoms with Gasteiger partial charge in [0.1, 0.15) is 13.3 Å². The molecule has 2 saturated heterocycles. The number of benzene rings is 4. The van der Waals surface area contributed by atoms with E-state index in [0.29, 0.717) is 0 Å². The molecule has 0 aliphatic carbocycles. The Balaban J connectivity index is 0.000000189. The molecule has 0 bridgehead atoms. The number of hydrogen-bond donors (Lipinski definition) is 0. The van der Waals surface area contributed by atoms with E-state index < -0.39 is 0 Å². The van der Waals surface area contributed by atoms with Crippen molar-refractivity contribution < 1.29 is 15.9 Å². The van der Waals surface area contributed by atoms with Crippen molar-refractivity contribution in [2.75, 3.05) is 26.2 Å². The minimum absolute atomic E-state index is 0.106. The molecule has 2 fully saturated rings. The summed E-state index contributed by atoms with van der Waals surface area (Å²) in [5.41, 5.74) is 11.0. The van der Waals surface area contributed by atoms with Crippen LogP contribution in [0.15, 0.2) is 97.1 Å². The zero-order valence-electron chi connectivity index (χ0n) is 26.8. The van der Waals surface area contributed by atoms with Gasteiger partial charge in [-0.1, -0.05) is 97.1 Å². The Morgan fingerprint density at radius 2 is 0.644 bits per heavy atom. The first-order chi connectivity index (χ1) is 21.9. The number of rotatable bonds is 8. The summed E-state index contributed by atoms with van der Waals surface area (Å²) in [5.74, 6) is 0. The third-order valence-electron chi connectivity index (χ3n) is 8.34. The molecular formula is C38H44Cl2N4Pd. The Labute approximate surface area is 288 Å². The van der Waals surface area contributed by atoms with Crippen LogP contribution in [-0.4, -0.2) is 45.8 Å². The molecule has 2 aliphatic rings. The number of hydrogen-bond acceptors (Lipinski definition) is 4. The molecule has 0 spiro atoms. The van der Waals surface area contributed by atoms with E-state index >= 15 is 0 Å². The van der Waals surface area contributed by atoms with E-state index in [1.165, 1.54) is 44.5 Å². The Kier molecular flexibility index (Phi) is 15.1. The van der Waals surface area contributed by atoms with Crippen molar-refractivity contribution in [1.82, 2.24) is 19.6 Å². The van der Waals surface area contributed by atoms with E-state index in [0.717, 1.165) is 52.4 Å². The third kappa shape index (κ3) is 11.6. The molecule has 0 N–H and O–H groups in total. The normalized spacial score (nSPS) is 15.9. The van der Waals surface area contributed by atoms with Crippen LogP contribution in [0.25, 0.3) is 0 Å². The van der Waals surface area contributed by atoms with Gasteiger partial charge in [0.25, 0.3) is 0 Å². The van der Waals surface area contributed by atoms with Crippen LogP contribution < -0.4 is 0 Å². The Hall–Kier alpha value is -2.04. The second-order valence-electron chi connectivity index (χ2n) is 11.6. The topological polar surface area (TPSA) is 13.0 Å². The van der Waals surface area contributed by atoms with E-state index in [1.807, 2.05) is 0 Å². The van der Waals surface area contributed by atoms with Gasteiger partial charge in [-0.2, -0.15) is 0 Å². The van der Waals surface area contributed by atoms with Crippen molar-refractivity contribution in [3.05, 3.63) is 155 Å². The van der Waals surface area contributed by atoms with Crippen LogP contribution in [0.4, 0.5) is 0 Å². The molecule has 4 aromatic carbocycles. The van der Waals surface area contributed by atoms with Crippen LogP contribution in [0, 0.1) is 41.0 Å². The summed E-state index contributed by atoms with van der Waals surface area (Å²) in [6.07, 6.45) is 0. The van der Waals surface area contributed by atoms with Gasteiger partial charge in [0.2, 0.25) is 0 Å². The van der Waals surface area contributed by atoms with Crippen molar-refractivity contribution in [2.24, 2.45) is 0 Å². The second kappa shape index (κ2) is 18.9. The number of halogens is 2. The Morgan fingerprint density at radius 1 is 0.444 bits per heavy atom. The summed E-state index contributed by atoms with van der Waals surface area (Å²) in [6.45, 7) is 23.8. The van der Waals surface area contributed by atoms with Gasteiger partial charge < -0.3 is 0 Å². The molecule has 0 unspecified atom stereocenters. The molecule has 4 nitrogen and oxygen atoms in total. The first-order valence-corrected chi connectivity index (χ1v) is 19.4. The molecule has 45 heavy (non-hydrogen) atoms. The van der Waals surface area contributed by atoms with Gasteiger partial charge in [-0.3, -0.25) is 19.6 Å². The quantitative estimate of drug-likeness (QED) is 0.168. The van der Waals surface area contributed by atoms with Gasteiger partial charge in [-0.05, 0) is 72.2 Å². The van der Waals surface area contributed by atoms with E-state index in [-0.39, 0.29) is 15.9 Å². The Bertz CT molecular complexity index is 1250. The van der Waals surface area contributed by atoms with E-state index in [2.05, 4.69) is 158 Å². The van der Waals surface area contributed by atoms with E-state index in [4.69, 9.17) is 19.1 Å². The summed E-state index contributed by atoms with van der Waals surface area (Å²) >= 11 is -0.106. The van der Waals surface area contributed by atoms with Crippen LogP contribution in [-0.2, 0) is 42.1 Å². The van der Waals surface area contributed by atoms with Gasteiger partial charge in [0.15, 0.2) is 0 Å². The summed E-state index contributed by atoms with van der Waals surface area (Å²) in [4.78, 5) is 9.17. The molecule has 4 radical (unpaired) electrons. The Morgan fingerprint density at radius 3 is 0.844 bits per heavy atom. The molecule has 240 valence electrons. The zero-order chi connectivity index (χ0) is 32.0. The monoisotopic (exact) mass is 732 g/mol. The predicted molar refractivity (Wildman–Crippen MR) is 185 cm³/mol. The maximum absolute atomic E-state index is 4.81. The molecule has 0 saturated carbocycles. The first kappa shape index (κ1) is 35.8. The number of aryl methyl sites for hydroxylation is 4. The molecule has 2 heterocycles. The van der Waals surface area contributed by atoms with Gasteiger partial charge >= 0.3 is 35.0 Å². The van der Waals surface area contributed by atoms with Gasteiger partial charge in [0.05, 0.1) is 0 Å². The summed E-state index contributed by atoms with van der Waals surface area (Å²) in [5, 5.41) is 0. The molecule has 4 aromatic rings. The van der Waals surface area contributed by atoms with Crippen LogP contribution >= 0.6 is 19.1 Å². The van der Waals surface area contributed by atoms with Crippen molar-refractivity contribution in [3.63, 3.8) is 0 Å². The van der Waals surface area contributed by atoms with Crippen molar-refractivity contribution in [3.8, 4) is 0 Å². The van der Waals surface area contributed by atoms with E-state index in [9.17, 15) is 0 Å². The predicted octanol–water partition coefficient (Wildman–Crippen LogP) is 8.61. The molecule has 2 aliphatic heterocycles. The van der Waals surface area contributed by atoms with Crippen LogP contribution in [0.2, 0.25) is 0 Å². The third-order valence-corrected chi connectivity index (χ3v) is 8.34. The van der Waals surface area contributed by atoms with Gasteiger partial charge in [-0.25, -0.2) is 0 Å². The molecule has 7 heteroatoms. The van der Waals surface area contributed by atoms with Gasteiger partial charge in [0, 0.05) is 52.4 Å². The average Bonchev–Trinajstić information content (AvgIpc) is 3.67. The fourth-order valence-corrected chi connectivity index (χ4v) is 5.51. The van der Waals surface area contributed by atoms with Crippen LogP contribution in [0.5, 0.6) is 0 Å². The minimum atomic E-state index is -0.106. The van der Waals surface area contributed by atoms with Crippen molar-refractivity contribution in [2.45, 2.75) is 53.9 Å². The van der Waals surface area contributed by atoms with Crippen LogP contribution in [0.1, 0.15) is 44.5 Å². The average molecular weight is 734 g/mol. The standard InChI is InChI=1S/2C19H22N2.2ClH.Pd/c2*1-16-7-3-5-9-18(16)13-20-11-12-21(15-20)14-19-10-6-4-8-17(19)2;;;/h2*3-10H,11-14H2,1-2H3;2*1H;/q;;;;+2/p-2.